The number of aliphatic hydroxyl groups excluding tert-OH is 2. The minimum Gasteiger partial charge on any atom is -0.393 e. The van der Waals surface area contributed by atoms with Crippen LogP contribution in [0.15, 0.2) is 130 Å². The Labute approximate surface area is 257 Å². The second kappa shape index (κ2) is 16.1. The van der Waals surface area contributed by atoms with Gasteiger partial charge in [-0.05, 0) is 89.2 Å². The lowest BCUT2D eigenvalue weighted by Crippen LogP contribution is -2.28. The Bertz CT molecular complexity index is 1190. The van der Waals surface area contributed by atoms with E-state index in [0.29, 0.717) is 0 Å². The summed E-state index contributed by atoms with van der Waals surface area (Å²) in [5.41, 5.74) is 10.1. The van der Waals surface area contributed by atoms with E-state index in [9.17, 15) is 10.2 Å². The highest BCUT2D eigenvalue weighted by Gasteiger charge is 2.32. The molecular formula is C40H56O2. The van der Waals surface area contributed by atoms with Crippen LogP contribution in [0.5, 0.6) is 0 Å². The van der Waals surface area contributed by atoms with E-state index in [2.05, 4.69) is 154 Å². The van der Waals surface area contributed by atoms with Crippen LogP contribution in [-0.2, 0) is 0 Å². The van der Waals surface area contributed by atoms with Crippen molar-refractivity contribution in [2.45, 2.75) is 107 Å². The Morgan fingerprint density at radius 3 is 1.19 bits per heavy atom. The lowest BCUT2D eigenvalue weighted by Gasteiger charge is -2.35. The van der Waals surface area contributed by atoms with Crippen molar-refractivity contribution in [1.29, 1.82) is 0 Å². The Morgan fingerprint density at radius 2 is 0.857 bits per heavy atom. The molecule has 0 amide bonds. The standard InChI is InChI=1S/C40H56O2/c1-29(17-13-19-31(3)21-23-37-33(5)25-35(41)27-39(37,7)8)15-11-12-16-30(2)18-14-20-32(4)22-24-38-34(6)26-36(42)28-40(38,9)10/h11-24,35-36,41-42H,25-28H2,1-10H3/b12-11+,17-13+,18-14?,23-21+,24-22?,29-15+,30-16?,31-19+,32-20?/t35-,36-/m1/s1. The van der Waals surface area contributed by atoms with E-state index in [0.717, 1.165) is 25.7 Å². The number of rotatable bonds is 10. The first-order valence-corrected chi connectivity index (χ1v) is 15.5. The summed E-state index contributed by atoms with van der Waals surface area (Å²) in [5.74, 6) is 0. The molecule has 0 radical (unpaired) electrons. The van der Waals surface area contributed by atoms with Crippen molar-refractivity contribution < 1.29 is 10.2 Å². The van der Waals surface area contributed by atoms with Gasteiger partial charge in [0.2, 0.25) is 0 Å². The van der Waals surface area contributed by atoms with Gasteiger partial charge in [0.15, 0.2) is 0 Å². The molecule has 0 fully saturated rings. The lowest BCUT2D eigenvalue weighted by molar-refractivity contribution is 0.116. The Balaban J connectivity index is 1.90. The van der Waals surface area contributed by atoms with E-state index in [4.69, 9.17) is 0 Å². The second-order valence-electron chi connectivity index (χ2n) is 13.7. The normalized spacial score (nSPS) is 25.0. The van der Waals surface area contributed by atoms with Crippen LogP contribution in [0.25, 0.3) is 0 Å². The fraction of sp³-hybridized carbons (Fsp3) is 0.450. The largest absolute Gasteiger partial charge is 0.393 e. The zero-order valence-electron chi connectivity index (χ0n) is 28.0. The maximum absolute atomic E-state index is 10.1. The van der Waals surface area contributed by atoms with Gasteiger partial charge >= 0.3 is 0 Å². The molecule has 2 nitrogen and oxygen atoms in total. The molecule has 0 aromatic carbocycles. The third-order valence-electron chi connectivity index (χ3n) is 8.24. The molecule has 228 valence electrons. The maximum atomic E-state index is 10.1. The zero-order valence-corrected chi connectivity index (χ0v) is 28.0. The van der Waals surface area contributed by atoms with Gasteiger partial charge in [0.25, 0.3) is 0 Å². The number of aliphatic hydroxyl groups is 2. The summed E-state index contributed by atoms with van der Waals surface area (Å²) >= 11 is 0. The first kappa shape index (κ1) is 35.3. The SMILES string of the molecule is CC(C=CC1=C(C)C[C@@H](O)CC1(C)C)=CC=CC(C)=C/C=C/C=C(C)/C=C/C=C(C)/C=C/C1=C(C)C[C@@H](O)CC1(C)C. The van der Waals surface area contributed by atoms with Crippen LogP contribution in [-0.4, -0.2) is 22.4 Å². The van der Waals surface area contributed by atoms with Gasteiger partial charge < -0.3 is 10.2 Å². The summed E-state index contributed by atoms with van der Waals surface area (Å²) in [6, 6.07) is 0. The van der Waals surface area contributed by atoms with E-state index in [1.807, 2.05) is 0 Å². The zero-order chi connectivity index (χ0) is 31.5. The molecule has 0 saturated carbocycles. The molecule has 0 spiro atoms. The van der Waals surface area contributed by atoms with Gasteiger partial charge in [-0.1, -0.05) is 146 Å². The van der Waals surface area contributed by atoms with Gasteiger partial charge in [-0.25, -0.2) is 0 Å². The van der Waals surface area contributed by atoms with Gasteiger partial charge in [0.05, 0.1) is 12.2 Å². The highest BCUT2D eigenvalue weighted by atomic mass is 16.3. The highest BCUT2D eigenvalue weighted by Crippen LogP contribution is 2.42. The summed E-state index contributed by atoms with van der Waals surface area (Å²) in [5, 5.41) is 20.2. The average Bonchev–Trinajstić information content (AvgIpc) is 2.84. The molecule has 0 aliphatic heterocycles. The molecule has 0 aromatic rings. The third-order valence-corrected chi connectivity index (χ3v) is 8.24. The molecular weight excluding hydrogens is 512 g/mol. The summed E-state index contributed by atoms with van der Waals surface area (Å²) < 4.78 is 0. The van der Waals surface area contributed by atoms with E-state index in [-0.39, 0.29) is 23.0 Å². The van der Waals surface area contributed by atoms with Gasteiger partial charge in [-0.3, -0.25) is 0 Å². The lowest BCUT2D eigenvalue weighted by atomic mass is 9.71. The smallest absolute Gasteiger partial charge is 0.0585 e. The van der Waals surface area contributed by atoms with Crippen molar-refractivity contribution in [3.63, 3.8) is 0 Å². The Kier molecular flexibility index (Phi) is 13.5. The summed E-state index contributed by atoms with van der Waals surface area (Å²) in [7, 11) is 0. The van der Waals surface area contributed by atoms with E-state index < -0.39 is 0 Å². The highest BCUT2D eigenvalue weighted by molar-refractivity contribution is 5.39. The fourth-order valence-corrected chi connectivity index (χ4v) is 6.13. The van der Waals surface area contributed by atoms with Crippen molar-refractivity contribution in [3.8, 4) is 0 Å². The van der Waals surface area contributed by atoms with E-state index >= 15 is 0 Å². The molecule has 42 heavy (non-hydrogen) atoms. The van der Waals surface area contributed by atoms with Crippen LogP contribution in [0.3, 0.4) is 0 Å². The molecule has 0 aromatic heterocycles. The summed E-state index contributed by atoms with van der Waals surface area (Å²) in [4.78, 5) is 0. The quantitative estimate of drug-likeness (QED) is 0.257. The number of allylic oxidation sites excluding steroid dienone is 20. The molecule has 0 unspecified atom stereocenters. The van der Waals surface area contributed by atoms with Crippen molar-refractivity contribution in [2.75, 3.05) is 0 Å². The van der Waals surface area contributed by atoms with Crippen molar-refractivity contribution in [3.05, 3.63) is 130 Å². The van der Waals surface area contributed by atoms with Crippen molar-refractivity contribution >= 4 is 0 Å². The van der Waals surface area contributed by atoms with Gasteiger partial charge in [0, 0.05) is 0 Å². The third kappa shape index (κ3) is 11.7. The molecule has 2 rings (SSSR count). The fourth-order valence-electron chi connectivity index (χ4n) is 6.13. The Hall–Kier alpha value is -2.94. The monoisotopic (exact) mass is 568 g/mol. The maximum Gasteiger partial charge on any atom is 0.0585 e. The molecule has 0 bridgehead atoms. The van der Waals surface area contributed by atoms with Crippen LogP contribution >= 0.6 is 0 Å². The van der Waals surface area contributed by atoms with Crippen LogP contribution in [0.2, 0.25) is 0 Å². The second-order valence-corrected chi connectivity index (χ2v) is 13.7. The van der Waals surface area contributed by atoms with Crippen LogP contribution < -0.4 is 0 Å². The van der Waals surface area contributed by atoms with Crippen molar-refractivity contribution in [2.24, 2.45) is 10.8 Å². The van der Waals surface area contributed by atoms with Gasteiger partial charge in [0.1, 0.15) is 0 Å². The first-order chi connectivity index (χ1) is 19.6. The predicted molar refractivity (Wildman–Crippen MR) is 184 cm³/mol. The van der Waals surface area contributed by atoms with Crippen molar-refractivity contribution in [1.82, 2.24) is 0 Å². The minimum absolute atomic E-state index is 0.00547. The van der Waals surface area contributed by atoms with Gasteiger partial charge in [-0.2, -0.15) is 0 Å². The summed E-state index contributed by atoms with van der Waals surface area (Å²) in [6.07, 6.45) is 32.6. The molecule has 0 saturated heterocycles. The predicted octanol–water partition coefficient (Wildman–Crippen LogP) is 10.5. The average molecular weight is 569 g/mol. The molecule has 2 heteroatoms. The molecule has 2 aliphatic carbocycles. The summed E-state index contributed by atoms with van der Waals surface area (Å²) in [6.45, 7) is 21.6. The van der Waals surface area contributed by atoms with Gasteiger partial charge in [-0.15, -0.1) is 0 Å². The van der Waals surface area contributed by atoms with Crippen LogP contribution in [0.4, 0.5) is 0 Å². The molecule has 2 N–H and O–H groups in total. The minimum atomic E-state index is -0.227. The molecule has 2 aliphatic rings. The Morgan fingerprint density at radius 1 is 0.548 bits per heavy atom. The van der Waals surface area contributed by atoms with Crippen LogP contribution in [0.1, 0.15) is 94.9 Å². The van der Waals surface area contributed by atoms with E-state index in [1.165, 1.54) is 44.6 Å². The topological polar surface area (TPSA) is 40.5 Å². The van der Waals surface area contributed by atoms with E-state index in [1.54, 1.807) is 0 Å². The first-order valence-electron chi connectivity index (χ1n) is 15.5. The number of hydrogen-bond donors (Lipinski definition) is 2. The number of hydrogen-bond acceptors (Lipinski definition) is 2. The molecule has 2 atom stereocenters. The van der Waals surface area contributed by atoms with Crippen LogP contribution in [0, 0.1) is 10.8 Å². The molecule has 0 heterocycles.